The molecular weight excluding hydrogens is 380 g/mol. The van der Waals surface area contributed by atoms with Gasteiger partial charge in [-0.25, -0.2) is 4.79 Å². The molecule has 1 aliphatic heterocycles. The third-order valence-corrected chi connectivity index (χ3v) is 5.64. The summed E-state index contributed by atoms with van der Waals surface area (Å²) in [6.07, 6.45) is 0.793. The van der Waals surface area contributed by atoms with Gasteiger partial charge < -0.3 is 9.88 Å². The molecule has 0 unspecified atom stereocenters. The summed E-state index contributed by atoms with van der Waals surface area (Å²) >= 11 is 0. The van der Waals surface area contributed by atoms with Crippen LogP contribution in [0.3, 0.4) is 0 Å². The fraction of sp³-hybridized carbons (Fsp3) is 0.348. The molecule has 4 rings (SSSR count). The Balaban J connectivity index is 1.28. The van der Waals surface area contributed by atoms with Crippen LogP contribution in [-0.4, -0.2) is 51.4 Å². The van der Waals surface area contributed by atoms with Crippen LogP contribution in [0.2, 0.25) is 0 Å². The van der Waals surface area contributed by atoms with E-state index in [2.05, 4.69) is 22.0 Å². The number of carbonyl (C=O) groups excluding carboxylic acids is 1. The Morgan fingerprint density at radius 1 is 0.900 bits per heavy atom. The van der Waals surface area contributed by atoms with E-state index >= 15 is 0 Å². The van der Waals surface area contributed by atoms with Crippen LogP contribution in [0, 0.1) is 0 Å². The molecule has 1 aliphatic rings. The first-order chi connectivity index (χ1) is 14.6. The van der Waals surface area contributed by atoms with Crippen molar-refractivity contribution < 1.29 is 4.79 Å². The van der Waals surface area contributed by atoms with E-state index in [-0.39, 0.29) is 18.0 Å². The lowest BCUT2D eigenvalue weighted by atomic mass is 10.2. The number of H-pyrrole nitrogens is 1. The number of carbonyl (C=O) groups is 1. The number of fused-ring (bicyclic) bond motifs is 1. The number of benzene rings is 2. The smallest absolute Gasteiger partial charge is 0.328 e. The molecule has 0 spiro atoms. The van der Waals surface area contributed by atoms with E-state index in [0.29, 0.717) is 36.8 Å². The lowest BCUT2D eigenvalue weighted by molar-refractivity contribution is -0.133. The fourth-order valence-corrected chi connectivity index (χ4v) is 3.95. The van der Waals surface area contributed by atoms with Gasteiger partial charge in [0, 0.05) is 45.7 Å². The Kier molecular flexibility index (Phi) is 6.09. The van der Waals surface area contributed by atoms with Crippen molar-refractivity contribution in [1.29, 1.82) is 0 Å². The lowest BCUT2D eigenvalue weighted by Gasteiger charge is -2.34. The minimum atomic E-state index is -0.430. The van der Waals surface area contributed by atoms with Crippen molar-refractivity contribution in [2.24, 2.45) is 0 Å². The first kappa shape index (κ1) is 20.1. The van der Waals surface area contributed by atoms with Crippen LogP contribution in [0.15, 0.2) is 64.2 Å². The number of nitrogens with one attached hydrogen (secondary N) is 1. The lowest BCUT2D eigenvalue weighted by Crippen LogP contribution is -2.48. The van der Waals surface area contributed by atoms with E-state index in [4.69, 9.17) is 0 Å². The monoisotopic (exact) mass is 406 g/mol. The van der Waals surface area contributed by atoms with Gasteiger partial charge in [0.1, 0.15) is 0 Å². The minimum absolute atomic E-state index is 0.0830. The molecule has 1 saturated heterocycles. The predicted molar refractivity (Wildman–Crippen MR) is 116 cm³/mol. The Morgan fingerprint density at radius 2 is 1.60 bits per heavy atom. The summed E-state index contributed by atoms with van der Waals surface area (Å²) in [4.78, 5) is 44.3. The Bertz CT molecular complexity index is 1130. The maximum absolute atomic E-state index is 12.6. The highest BCUT2D eigenvalue weighted by Gasteiger charge is 2.21. The average Bonchev–Trinajstić information content (AvgIpc) is 2.77. The number of hydrogen-bond donors (Lipinski definition) is 1. The molecule has 0 bridgehead atoms. The van der Waals surface area contributed by atoms with Crippen LogP contribution >= 0.6 is 0 Å². The number of para-hydroxylation sites is 1. The third-order valence-electron chi connectivity index (χ3n) is 5.64. The van der Waals surface area contributed by atoms with Crippen LogP contribution in [0.25, 0.3) is 10.9 Å². The van der Waals surface area contributed by atoms with Crippen molar-refractivity contribution >= 4 is 16.8 Å². The third kappa shape index (κ3) is 4.52. The Labute approximate surface area is 174 Å². The average molecular weight is 406 g/mol. The standard InChI is InChI=1S/C23H26N4O3/c28-21(26-15-13-25(14-16-26)17-18-7-2-1-3-8-18)11-6-12-27-22(29)19-9-4-5-10-20(19)24-23(27)30/h1-5,7-10H,6,11-17H2,(H,24,30). The molecule has 7 heteroatoms. The van der Waals surface area contributed by atoms with E-state index < -0.39 is 5.69 Å². The fourth-order valence-electron chi connectivity index (χ4n) is 3.95. The van der Waals surface area contributed by atoms with Crippen molar-refractivity contribution in [3.8, 4) is 0 Å². The highest BCUT2D eigenvalue weighted by atomic mass is 16.2. The molecular formula is C23H26N4O3. The van der Waals surface area contributed by atoms with Gasteiger partial charge in [0.25, 0.3) is 5.56 Å². The molecule has 0 atom stereocenters. The number of amides is 1. The van der Waals surface area contributed by atoms with Crippen LogP contribution in [0.4, 0.5) is 0 Å². The topological polar surface area (TPSA) is 78.4 Å². The molecule has 1 amide bonds. The van der Waals surface area contributed by atoms with Gasteiger partial charge in [0.05, 0.1) is 10.9 Å². The van der Waals surface area contributed by atoms with E-state index in [0.717, 1.165) is 19.6 Å². The van der Waals surface area contributed by atoms with Gasteiger partial charge in [-0.05, 0) is 24.1 Å². The molecule has 1 N–H and O–H groups in total. The van der Waals surface area contributed by atoms with E-state index in [1.807, 2.05) is 23.1 Å². The number of aromatic amines is 1. The molecule has 1 fully saturated rings. The summed E-state index contributed by atoms with van der Waals surface area (Å²) < 4.78 is 1.19. The second kappa shape index (κ2) is 9.09. The van der Waals surface area contributed by atoms with E-state index in [1.165, 1.54) is 10.1 Å². The normalized spacial score (nSPS) is 14.9. The van der Waals surface area contributed by atoms with Gasteiger partial charge in [0.2, 0.25) is 5.91 Å². The van der Waals surface area contributed by atoms with Crippen molar-refractivity contribution in [1.82, 2.24) is 19.4 Å². The molecule has 0 radical (unpaired) electrons. The summed E-state index contributed by atoms with van der Waals surface area (Å²) in [6.45, 7) is 4.26. The highest BCUT2D eigenvalue weighted by Crippen LogP contribution is 2.10. The SMILES string of the molecule is O=C(CCCn1c(=O)[nH]c2ccccc2c1=O)N1CCN(Cc2ccccc2)CC1. The van der Waals surface area contributed by atoms with Crippen LogP contribution in [-0.2, 0) is 17.9 Å². The molecule has 2 heterocycles. The maximum atomic E-state index is 12.6. The second-order valence-electron chi connectivity index (χ2n) is 7.68. The molecule has 0 saturated carbocycles. The minimum Gasteiger partial charge on any atom is -0.340 e. The zero-order valence-corrected chi connectivity index (χ0v) is 16.9. The number of rotatable bonds is 6. The van der Waals surface area contributed by atoms with Crippen molar-refractivity contribution in [3.63, 3.8) is 0 Å². The summed E-state index contributed by atoms with van der Waals surface area (Å²) in [5.74, 6) is 0.0830. The van der Waals surface area contributed by atoms with E-state index in [9.17, 15) is 14.4 Å². The first-order valence-corrected chi connectivity index (χ1v) is 10.4. The quantitative estimate of drug-likeness (QED) is 0.677. The molecule has 30 heavy (non-hydrogen) atoms. The van der Waals surface area contributed by atoms with Gasteiger partial charge in [0.15, 0.2) is 0 Å². The second-order valence-corrected chi connectivity index (χ2v) is 7.68. The van der Waals surface area contributed by atoms with Crippen molar-refractivity contribution in [2.45, 2.75) is 25.9 Å². The first-order valence-electron chi connectivity index (χ1n) is 10.4. The zero-order valence-electron chi connectivity index (χ0n) is 16.9. The number of hydrogen-bond acceptors (Lipinski definition) is 4. The summed E-state index contributed by atoms with van der Waals surface area (Å²) in [6, 6.07) is 17.3. The molecule has 1 aromatic heterocycles. The maximum Gasteiger partial charge on any atom is 0.328 e. The number of aromatic nitrogens is 2. The number of nitrogens with zero attached hydrogens (tertiary/aromatic N) is 3. The van der Waals surface area contributed by atoms with Gasteiger partial charge in [-0.3, -0.25) is 19.1 Å². The van der Waals surface area contributed by atoms with Crippen molar-refractivity contribution in [2.75, 3.05) is 26.2 Å². The van der Waals surface area contributed by atoms with Gasteiger partial charge >= 0.3 is 5.69 Å². The van der Waals surface area contributed by atoms with Crippen molar-refractivity contribution in [3.05, 3.63) is 81.0 Å². The van der Waals surface area contributed by atoms with Crippen LogP contribution in [0.1, 0.15) is 18.4 Å². The Hall–Kier alpha value is -3.19. The van der Waals surface area contributed by atoms with Crippen LogP contribution in [0.5, 0.6) is 0 Å². The summed E-state index contributed by atoms with van der Waals surface area (Å²) in [5, 5.41) is 0.484. The van der Waals surface area contributed by atoms with Crippen LogP contribution < -0.4 is 11.2 Å². The summed E-state index contributed by atoms with van der Waals surface area (Å²) in [5.41, 5.74) is 1.08. The molecule has 3 aromatic rings. The Morgan fingerprint density at radius 3 is 2.37 bits per heavy atom. The molecule has 0 aliphatic carbocycles. The largest absolute Gasteiger partial charge is 0.340 e. The number of piperazine rings is 1. The molecule has 7 nitrogen and oxygen atoms in total. The van der Waals surface area contributed by atoms with E-state index in [1.54, 1.807) is 24.3 Å². The zero-order chi connectivity index (χ0) is 20.9. The van der Waals surface area contributed by atoms with Gasteiger partial charge in [-0.1, -0.05) is 42.5 Å². The van der Waals surface area contributed by atoms with Gasteiger partial charge in [-0.2, -0.15) is 0 Å². The molecule has 2 aromatic carbocycles. The predicted octanol–water partition coefficient (Wildman–Crippen LogP) is 1.81. The van der Waals surface area contributed by atoms with Gasteiger partial charge in [-0.15, -0.1) is 0 Å². The summed E-state index contributed by atoms with van der Waals surface area (Å²) in [7, 11) is 0. The molecule has 156 valence electrons. The highest BCUT2D eigenvalue weighted by molar-refractivity contribution is 5.77.